The number of hydrogen-bond acceptors (Lipinski definition) is 5. The van der Waals surface area contributed by atoms with Crippen LogP contribution in [0.2, 0.25) is 0 Å². The normalized spacial score (nSPS) is 21.2. The Labute approximate surface area is 111 Å². The van der Waals surface area contributed by atoms with Gasteiger partial charge in [0.25, 0.3) is 0 Å². The van der Waals surface area contributed by atoms with Gasteiger partial charge in [-0.15, -0.1) is 11.8 Å². The third-order valence-corrected chi connectivity index (χ3v) is 3.94. The molecule has 1 amide bonds. The molecule has 100 valence electrons. The maximum Gasteiger partial charge on any atom is 0.238 e. The van der Waals surface area contributed by atoms with Crippen molar-refractivity contribution in [2.75, 3.05) is 32.3 Å². The van der Waals surface area contributed by atoms with E-state index >= 15 is 0 Å². The highest BCUT2D eigenvalue weighted by Crippen LogP contribution is 2.17. The average Bonchev–Trinajstić information content (AvgIpc) is 3.01. The largest absolute Gasteiger partial charge is 0.468 e. The Bertz CT molecular complexity index is 375. The summed E-state index contributed by atoms with van der Waals surface area (Å²) < 4.78 is 5.40. The van der Waals surface area contributed by atoms with Gasteiger partial charge in [0.05, 0.1) is 18.3 Å². The van der Waals surface area contributed by atoms with Crippen LogP contribution >= 0.6 is 11.8 Å². The van der Waals surface area contributed by atoms with Gasteiger partial charge in [-0.1, -0.05) is 0 Å². The minimum Gasteiger partial charge on any atom is -0.468 e. The Morgan fingerprint density at radius 2 is 2.56 bits per heavy atom. The molecule has 1 aromatic rings. The van der Waals surface area contributed by atoms with Gasteiger partial charge < -0.3 is 9.73 Å². The monoisotopic (exact) mass is 269 g/mol. The number of nitrogens with one attached hydrogen (secondary N) is 2. The molecule has 0 aliphatic carbocycles. The molecular weight excluding hydrogens is 250 g/mol. The molecule has 2 rings (SSSR count). The second-order valence-corrected chi connectivity index (χ2v) is 5.54. The standard InChI is InChI=1S/C12H19N3O2S/c1-15(2)10(11-4-3-5-17-11)6-13-12(16)9-7-18-8-14-9/h3-5,9-10,14H,6-8H2,1-2H3,(H,13,16). The molecule has 0 radical (unpaired) electrons. The van der Waals surface area contributed by atoms with Crippen LogP contribution in [0.4, 0.5) is 0 Å². The summed E-state index contributed by atoms with van der Waals surface area (Å²) in [6.07, 6.45) is 1.66. The van der Waals surface area contributed by atoms with Gasteiger partial charge in [-0.25, -0.2) is 0 Å². The first-order valence-electron chi connectivity index (χ1n) is 5.97. The zero-order valence-electron chi connectivity index (χ0n) is 10.7. The maximum absolute atomic E-state index is 11.9. The van der Waals surface area contributed by atoms with Gasteiger partial charge in [0.2, 0.25) is 5.91 Å². The van der Waals surface area contributed by atoms with Crippen LogP contribution in [-0.4, -0.2) is 49.1 Å². The lowest BCUT2D eigenvalue weighted by molar-refractivity contribution is -0.122. The number of carbonyl (C=O) groups excluding carboxylic acids is 1. The van der Waals surface area contributed by atoms with Crippen LogP contribution in [0.1, 0.15) is 11.8 Å². The molecule has 1 aliphatic heterocycles. The maximum atomic E-state index is 11.9. The highest BCUT2D eigenvalue weighted by molar-refractivity contribution is 7.99. The van der Waals surface area contributed by atoms with E-state index in [2.05, 4.69) is 10.6 Å². The molecule has 0 aromatic carbocycles. The lowest BCUT2D eigenvalue weighted by Crippen LogP contribution is -2.44. The first-order valence-corrected chi connectivity index (χ1v) is 7.12. The summed E-state index contributed by atoms with van der Waals surface area (Å²) in [6.45, 7) is 0.558. The molecule has 18 heavy (non-hydrogen) atoms. The third-order valence-electron chi connectivity index (χ3n) is 3.00. The fourth-order valence-electron chi connectivity index (χ4n) is 1.90. The smallest absolute Gasteiger partial charge is 0.238 e. The van der Waals surface area contributed by atoms with E-state index in [1.165, 1.54) is 0 Å². The molecule has 1 aromatic heterocycles. The van der Waals surface area contributed by atoms with E-state index in [9.17, 15) is 4.79 Å². The van der Waals surface area contributed by atoms with Crippen LogP contribution in [0.15, 0.2) is 22.8 Å². The van der Waals surface area contributed by atoms with Gasteiger partial charge in [0.1, 0.15) is 5.76 Å². The van der Waals surface area contributed by atoms with Crippen molar-refractivity contribution in [3.63, 3.8) is 0 Å². The molecular formula is C12H19N3O2S. The van der Waals surface area contributed by atoms with Gasteiger partial charge in [-0.2, -0.15) is 0 Å². The minimum absolute atomic E-state index is 0.0607. The molecule has 0 bridgehead atoms. The van der Waals surface area contributed by atoms with Crippen LogP contribution in [0.25, 0.3) is 0 Å². The topological polar surface area (TPSA) is 57.5 Å². The second-order valence-electron chi connectivity index (χ2n) is 4.51. The van der Waals surface area contributed by atoms with Crippen molar-refractivity contribution in [1.82, 2.24) is 15.5 Å². The number of furan rings is 1. The highest BCUT2D eigenvalue weighted by atomic mass is 32.2. The Kier molecular flexibility index (Phi) is 4.68. The number of rotatable bonds is 5. The number of carbonyl (C=O) groups is 1. The van der Waals surface area contributed by atoms with Crippen molar-refractivity contribution < 1.29 is 9.21 Å². The van der Waals surface area contributed by atoms with E-state index in [1.54, 1.807) is 18.0 Å². The summed E-state index contributed by atoms with van der Waals surface area (Å²) in [5, 5.41) is 6.14. The van der Waals surface area contributed by atoms with Crippen molar-refractivity contribution in [2.24, 2.45) is 0 Å². The SMILES string of the molecule is CN(C)C(CNC(=O)C1CSCN1)c1ccco1. The van der Waals surface area contributed by atoms with Crippen molar-refractivity contribution in [1.29, 1.82) is 0 Å². The van der Waals surface area contributed by atoms with E-state index in [1.807, 2.05) is 31.1 Å². The molecule has 1 aliphatic rings. The lowest BCUT2D eigenvalue weighted by Gasteiger charge is -2.23. The van der Waals surface area contributed by atoms with Crippen LogP contribution < -0.4 is 10.6 Å². The van der Waals surface area contributed by atoms with E-state index in [0.717, 1.165) is 17.4 Å². The van der Waals surface area contributed by atoms with E-state index in [-0.39, 0.29) is 18.0 Å². The minimum atomic E-state index is -0.0607. The van der Waals surface area contributed by atoms with Crippen molar-refractivity contribution in [3.8, 4) is 0 Å². The summed E-state index contributed by atoms with van der Waals surface area (Å²) >= 11 is 1.75. The summed E-state index contributed by atoms with van der Waals surface area (Å²) in [5.41, 5.74) is 0. The number of hydrogen-bond donors (Lipinski definition) is 2. The predicted molar refractivity (Wildman–Crippen MR) is 72.4 cm³/mol. The van der Waals surface area contributed by atoms with Crippen LogP contribution in [0.3, 0.4) is 0 Å². The molecule has 2 heterocycles. The van der Waals surface area contributed by atoms with Gasteiger partial charge in [0.15, 0.2) is 0 Å². The summed E-state index contributed by atoms with van der Waals surface area (Å²) in [5.74, 6) is 2.64. The molecule has 0 spiro atoms. The molecule has 2 N–H and O–H groups in total. The number of thioether (sulfide) groups is 1. The predicted octanol–water partition coefficient (Wildman–Crippen LogP) is 0.661. The van der Waals surface area contributed by atoms with Gasteiger partial charge in [-0.3, -0.25) is 15.0 Å². The molecule has 0 saturated carbocycles. The zero-order chi connectivity index (χ0) is 13.0. The van der Waals surface area contributed by atoms with Crippen LogP contribution in [-0.2, 0) is 4.79 Å². The molecule has 6 heteroatoms. The number of nitrogens with zero attached hydrogens (tertiary/aromatic N) is 1. The van der Waals surface area contributed by atoms with Crippen molar-refractivity contribution >= 4 is 17.7 Å². The molecule has 2 atom stereocenters. The summed E-state index contributed by atoms with van der Waals surface area (Å²) in [7, 11) is 3.95. The lowest BCUT2D eigenvalue weighted by atomic mass is 10.2. The number of amides is 1. The Morgan fingerprint density at radius 3 is 3.11 bits per heavy atom. The van der Waals surface area contributed by atoms with E-state index in [0.29, 0.717) is 6.54 Å². The summed E-state index contributed by atoms with van der Waals surface area (Å²) in [6, 6.07) is 3.80. The number of likely N-dealkylation sites (N-methyl/N-ethyl adjacent to an activating group) is 1. The van der Waals surface area contributed by atoms with E-state index in [4.69, 9.17) is 4.42 Å². The zero-order valence-corrected chi connectivity index (χ0v) is 11.5. The van der Waals surface area contributed by atoms with Crippen LogP contribution in [0, 0.1) is 0 Å². The Morgan fingerprint density at radius 1 is 1.72 bits per heavy atom. The van der Waals surface area contributed by atoms with E-state index < -0.39 is 0 Å². The highest BCUT2D eigenvalue weighted by Gasteiger charge is 2.24. The fourth-order valence-corrected chi connectivity index (χ4v) is 2.84. The average molecular weight is 269 g/mol. The first kappa shape index (κ1) is 13.5. The van der Waals surface area contributed by atoms with Crippen molar-refractivity contribution in [2.45, 2.75) is 12.1 Å². The Hall–Kier alpha value is -0.980. The van der Waals surface area contributed by atoms with Crippen LogP contribution in [0.5, 0.6) is 0 Å². The van der Waals surface area contributed by atoms with Gasteiger partial charge in [0, 0.05) is 18.2 Å². The third kappa shape index (κ3) is 3.28. The molecule has 5 nitrogen and oxygen atoms in total. The second kappa shape index (κ2) is 6.26. The fraction of sp³-hybridized carbons (Fsp3) is 0.583. The Balaban J connectivity index is 1.88. The quantitative estimate of drug-likeness (QED) is 0.822. The van der Waals surface area contributed by atoms with Crippen molar-refractivity contribution in [3.05, 3.63) is 24.2 Å². The summed E-state index contributed by atoms with van der Waals surface area (Å²) in [4.78, 5) is 13.9. The first-order chi connectivity index (χ1) is 8.68. The van der Waals surface area contributed by atoms with Gasteiger partial charge >= 0.3 is 0 Å². The van der Waals surface area contributed by atoms with Gasteiger partial charge in [-0.05, 0) is 26.2 Å². The molecule has 2 unspecified atom stereocenters. The molecule has 1 saturated heterocycles. The molecule has 1 fully saturated rings.